The normalized spacial score (nSPS) is 14.8. The van der Waals surface area contributed by atoms with Crippen LogP contribution in [0.15, 0.2) is 48.7 Å². The molecular weight excluding hydrogens is 314 g/mol. The van der Waals surface area contributed by atoms with Crippen molar-refractivity contribution in [3.05, 3.63) is 54.4 Å². The van der Waals surface area contributed by atoms with Gasteiger partial charge in [-0.2, -0.15) is 0 Å². The molecular formula is C19H23N5O. The van der Waals surface area contributed by atoms with Gasteiger partial charge in [0.15, 0.2) is 0 Å². The van der Waals surface area contributed by atoms with Gasteiger partial charge in [0.05, 0.1) is 30.1 Å². The van der Waals surface area contributed by atoms with Crippen molar-refractivity contribution in [3.63, 3.8) is 0 Å². The average molecular weight is 337 g/mol. The van der Waals surface area contributed by atoms with Crippen LogP contribution in [0.3, 0.4) is 0 Å². The summed E-state index contributed by atoms with van der Waals surface area (Å²) in [6.45, 7) is 4.19. The van der Waals surface area contributed by atoms with Crippen molar-refractivity contribution in [1.82, 2.24) is 19.4 Å². The van der Waals surface area contributed by atoms with E-state index in [2.05, 4.69) is 43.6 Å². The van der Waals surface area contributed by atoms with E-state index in [0.717, 1.165) is 56.6 Å². The Hall–Kier alpha value is -2.44. The minimum absolute atomic E-state index is 0.761. The number of para-hydroxylation sites is 2. The molecule has 0 spiro atoms. The van der Waals surface area contributed by atoms with E-state index in [-0.39, 0.29) is 0 Å². The van der Waals surface area contributed by atoms with Gasteiger partial charge in [-0.05, 0) is 30.7 Å². The summed E-state index contributed by atoms with van der Waals surface area (Å²) in [6, 6.07) is 14.4. The number of rotatable bonds is 6. The third-order valence-electron chi connectivity index (χ3n) is 4.52. The molecule has 3 heterocycles. The van der Waals surface area contributed by atoms with Gasteiger partial charge in [0.2, 0.25) is 5.95 Å². The van der Waals surface area contributed by atoms with E-state index < -0.39 is 0 Å². The lowest BCUT2D eigenvalue weighted by atomic mass is 10.3. The number of imidazole rings is 1. The van der Waals surface area contributed by atoms with Crippen molar-refractivity contribution < 1.29 is 4.74 Å². The highest BCUT2D eigenvalue weighted by molar-refractivity contribution is 5.79. The Labute approximate surface area is 147 Å². The van der Waals surface area contributed by atoms with Gasteiger partial charge in [-0.25, -0.2) is 4.98 Å². The third-order valence-corrected chi connectivity index (χ3v) is 4.52. The van der Waals surface area contributed by atoms with Crippen molar-refractivity contribution in [3.8, 4) is 0 Å². The highest BCUT2D eigenvalue weighted by atomic mass is 16.5. The van der Waals surface area contributed by atoms with Gasteiger partial charge in [-0.3, -0.25) is 14.5 Å². The number of fused-ring (bicyclic) bond motifs is 3. The fourth-order valence-corrected chi connectivity index (χ4v) is 3.38. The summed E-state index contributed by atoms with van der Waals surface area (Å²) < 4.78 is 7.52. The summed E-state index contributed by atoms with van der Waals surface area (Å²) in [5.41, 5.74) is 3.32. The number of aromatic nitrogens is 3. The van der Waals surface area contributed by atoms with Gasteiger partial charge in [0, 0.05) is 33.0 Å². The molecule has 3 aromatic rings. The molecule has 2 aromatic heterocycles. The van der Waals surface area contributed by atoms with Crippen LogP contribution in [-0.2, 0) is 18.0 Å². The summed E-state index contributed by atoms with van der Waals surface area (Å²) in [4.78, 5) is 14.1. The molecule has 6 nitrogen and oxygen atoms in total. The molecule has 1 aromatic carbocycles. The molecule has 1 aliphatic heterocycles. The molecule has 25 heavy (non-hydrogen) atoms. The van der Waals surface area contributed by atoms with E-state index in [9.17, 15) is 0 Å². The fraction of sp³-hybridized carbons (Fsp3) is 0.368. The molecule has 0 fully saturated rings. The zero-order valence-corrected chi connectivity index (χ0v) is 14.5. The molecule has 0 N–H and O–H groups in total. The SMILES string of the molecule is COCCCN1CN(Cc2ccccn2)Cn2c1nc1ccccc12. The van der Waals surface area contributed by atoms with Crippen LogP contribution in [0.4, 0.5) is 5.95 Å². The second-order valence-electron chi connectivity index (χ2n) is 6.37. The molecule has 0 amide bonds. The third kappa shape index (κ3) is 3.36. The van der Waals surface area contributed by atoms with E-state index in [4.69, 9.17) is 9.72 Å². The van der Waals surface area contributed by atoms with Crippen LogP contribution in [-0.4, -0.2) is 46.4 Å². The van der Waals surface area contributed by atoms with Crippen LogP contribution >= 0.6 is 0 Å². The molecule has 0 unspecified atom stereocenters. The molecule has 0 saturated carbocycles. The maximum atomic E-state index is 5.22. The number of hydrogen-bond acceptors (Lipinski definition) is 5. The van der Waals surface area contributed by atoms with Gasteiger partial charge in [-0.15, -0.1) is 0 Å². The van der Waals surface area contributed by atoms with Crippen LogP contribution in [0, 0.1) is 0 Å². The lowest BCUT2D eigenvalue weighted by Crippen LogP contribution is -2.45. The molecule has 0 atom stereocenters. The zero-order chi connectivity index (χ0) is 17.1. The molecule has 0 aliphatic carbocycles. The molecule has 0 bridgehead atoms. The van der Waals surface area contributed by atoms with E-state index in [1.807, 2.05) is 24.4 Å². The maximum Gasteiger partial charge on any atom is 0.208 e. The van der Waals surface area contributed by atoms with Crippen LogP contribution in [0.25, 0.3) is 11.0 Å². The smallest absolute Gasteiger partial charge is 0.208 e. The topological polar surface area (TPSA) is 46.4 Å². The van der Waals surface area contributed by atoms with E-state index >= 15 is 0 Å². The first-order valence-electron chi connectivity index (χ1n) is 8.66. The fourth-order valence-electron chi connectivity index (χ4n) is 3.38. The second-order valence-corrected chi connectivity index (χ2v) is 6.37. The summed E-state index contributed by atoms with van der Waals surface area (Å²) in [7, 11) is 1.75. The zero-order valence-electron chi connectivity index (χ0n) is 14.5. The Morgan fingerprint density at radius 2 is 1.96 bits per heavy atom. The molecule has 1 aliphatic rings. The van der Waals surface area contributed by atoms with Gasteiger partial charge in [0.1, 0.15) is 0 Å². The standard InChI is InChI=1S/C19H23N5O/c1-25-12-6-11-23-14-22(13-16-7-4-5-10-20-16)15-24-18-9-3-2-8-17(18)21-19(23)24/h2-5,7-10H,6,11-15H2,1H3. The van der Waals surface area contributed by atoms with Gasteiger partial charge >= 0.3 is 0 Å². The van der Waals surface area contributed by atoms with Gasteiger partial charge < -0.3 is 9.64 Å². The first-order valence-corrected chi connectivity index (χ1v) is 8.66. The molecule has 6 heteroatoms. The minimum atomic E-state index is 0.761. The highest BCUT2D eigenvalue weighted by Gasteiger charge is 2.25. The molecule has 130 valence electrons. The van der Waals surface area contributed by atoms with Crippen LogP contribution in [0.1, 0.15) is 12.1 Å². The number of ether oxygens (including phenoxy) is 1. The van der Waals surface area contributed by atoms with Crippen molar-refractivity contribution in [2.45, 2.75) is 19.6 Å². The van der Waals surface area contributed by atoms with Crippen LogP contribution in [0.5, 0.6) is 0 Å². The first kappa shape index (κ1) is 16.1. The van der Waals surface area contributed by atoms with Crippen molar-refractivity contribution >= 4 is 17.0 Å². The van der Waals surface area contributed by atoms with E-state index in [1.54, 1.807) is 7.11 Å². The summed E-state index contributed by atoms with van der Waals surface area (Å²) >= 11 is 0. The number of methoxy groups -OCH3 is 1. The molecule has 4 rings (SSSR count). The first-order chi connectivity index (χ1) is 12.3. The highest BCUT2D eigenvalue weighted by Crippen LogP contribution is 2.27. The van der Waals surface area contributed by atoms with Crippen molar-refractivity contribution in [2.24, 2.45) is 0 Å². The number of anilines is 1. The van der Waals surface area contributed by atoms with Crippen molar-refractivity contribution in [1.29, 1.82) is 0 Å². The maximum absolute atomic E-state index is 5.22. The Bertz CT molecular complexity index is 832. The predicted molar refractivity (Wildman–Crippen MR) is 98.2 cm³/mol. The Kier molecular flexibility index (Phi) is 4.63. The minimum Gasteiger partial charge on any atom is -0.385 e. The molecule has 0 radical (unpaired) electrons. The monoisotopic (exact) mass is 337 g/mol. The van der Waals surface area contributed by atoms with Crippen molar-refractivity contribution in [2.75, 3.05) is 31.8 Å². The lowest BCUT2D eigenvalue weighted by molar-refractivity contribution is 0.175. The second kappa shape index (κ2) is 7.21. The van der Waals surface area contributed by atoms with Crippen LogP contribution < -0.4 is 4.90 Å². The van der Waals surface area contributed by atoms with Gasteiger partial charge in [0.25, 0.3) is 0 Å². The quantitative estimate of drug-likeness (QED) is 0.647. The largest absolute Gasteiger partial charge is 0.385 e. The number of hydrogen-bond donors (Lipinski definition) is 0. The lowest BCUT2D eigenvalue weighted by Gasteiger charge is -2.37. The Morgan fingerprint density at radius 3 is 2.80 bits per heavy atom. The Morgan fingerprint density at radius 1 is 1.08 bits per heavy atom. The summed E-state index contributed by atoms with van der Waals surface area (Å²) in [5, 5.41) is 0. The number of pyridine rings is 1. The van der Waals surface area contributed by atoms with Gasteiger partial charge in [-0.1, -0.05) is 18.2 Å². The average Bonchev–Trinajstić information content (AvgIpc) is 3.02. The van der Waals surface area contributed by atoms with E-state index in [1.165, 1.54) is 5.52 Å². The summed E-state index contributed by atoms with van der Waals surface area (Å²) in [6.07, 6.45) is 2.84. The van der Waals surface area contributed by atoms with Crippen LogP contribution in [0.2, 0.25) is 0 Å². The predicted octanol–water partition coefficient (Wildman–Crippen LogP) is 2.71. The number of benzene rings is 1. The number of nitrogens with zero attached hydrogens (tertiary/aromatic N) is 5. The summed E-state index contributed by atoms with van der Waals surface area (Å²) in [5.74, 6) is 1.05. The molecule has 0 saturated heterocycles. The van der Waals surface area contributed by atoms with E-state index in [0.29, 0.717) is 0 Å². The Balaban J connectivity index is 1.63.